The van der Waals surface area contributed by atoms with Gasteiger partial charge in [-0.1, -0.05) is 12.7 Å². The number of benzene rings is 1. The van der Waals surface area contributed by atoms with E-state index in [1.165, 1.54) is 0 Å². The summed E-state index contributed by atoms with van der Waals surface area (Å²) in [6.07, 6.45) is 4.52. The molecule has 18 heavy (non-hydrogen) atoms. The lowest BCUT2D eigenvalue weighted by atomic mass is 10.1. The van der Waals surface area contributed by atoms with Crippen LogP contribution in [0.3, 0.4) is 0 Å². The van der Waals surface area contributed by atoms with Crippen molar-refractivity contribution in [2.24, 2.45) is 0 Å². The lowest BCUT2D eigenvalue weighted by Gasteiger charge is -2.06. The zero-order valence-corrected chi connectivity index (χ0v) is 10.1. The van der Waals surface area contributed by atoms with E-state index >= 15 is 0 Å². The van der Waals surface area contributed by atoms with Crippen LogP contribution in [0.5, 0.6) is 5.75 Å². The van der Waals surface area contributed by atoms with Gasteiger partial charge in [0.05, 0.1) is 0 Å². The van der Waals surface area contributed by atoms with Crippen LogP contribution in [0, 0.1) is 0 Å². The molecule has 0 unspecified atom stereocenters. The molecule has 1 aromatic carbocycles. The van der Waals surface area contributed by atoms with E-state index in [0.717, 1.165) is 35.8 Å². The highest BCUT2D eigenvalue weighted by Crippen LogP contribution is 2.29. The van der Waals surface area contributed by atoms with Crippen molar-refractivity contribution < 1.29 is 9.15 Å². The predicted molar refractivity (Wildman–Crippen MR) is 70.2 cm³/mol. The molecule has 3 heteroatoms. The zero-order chi connectivity index (χ0) is 12.5. The maximum absolute atomic E-state index is 11.8. The Labute approximate surface area is 105 Å². The number of fused-ring (bicyclic) bond motifs is 3. The highest BCUT2D eigenvalue weighted by Gasteiger charge is 2.19. The van der Waals surface area contributed by atoms with Crippen LogP contribution in [0.15, 0.2) is 40.1 Å². The third-order valence-corrected chi connectivity index (χ3v) is 3.31. The average molecular weight is 242 g/mol. The van der Waals surface area contributed by atoms with Gasteiger partial charge in [0, 0.05) is 17.0 Å². The summed E-state index contributed by atoms with van der Waals surface area (Å²) in [6.45, 7) is 4.05. The third-order valence-electron chi connectivity index (χ3n) is 3.31. The van der Waals surface area contributed by atoms with Crippen molar-refractivity contribution >= 4 is 11.0 Å². The van der Waals surface area contributed by atoms with Crippen LogP contribution >= 0.6 is 0 Å². The third kappa shape index (κ3) is 1.72. The molecule has 1 aliphatic carbocycles. The quantitative estimate of drug-likeness (QED) is 0.613. The summed E-state index contributed by atoms with van der Waals surface area (Å²) < 4.78 is 10.8. The fourth-order valence-corrected chi connectivity index (χ4v) is 2.51. The molecule has 1 heterocycles. The number of aryl methyl sites for hydroxylation is 1. The molecule has 2 aromatic rings. The minimum Gasteiger partial charge on any atom is -0.489 e. The first-order valence-corrected chi connectivity index (χ1v) is 6.12. The van der Waals surface area contributed by atoms with E-state index in [-0.39, 0.29) is 5.63 Å². The maximum atomic E-state index is 11.8. The second-order valence-corrected chi connectivity index (χ2v) is 4.46. The molecule has 0 amide bonds. The molecule has 3 nitrogen and oxygen atoms in total. The van der Waals surface area contributed by atoms with Gasteiger partial charge in [-0.05, 0) is 37.0 Å². The van der Waals surface area contributed by atoms with Crippen molar-refractivity contribution in [1.82, 2.24) is 0 Å². The molecule has 0 bridgehead atoms. The standard InChI is InChI=1S/C15H14O3/c1-2-8-17-10-6-7-12-11-4-3-5-13(11)15(16)18-14(12)9-10/h2,6-7,9H,1,3-5,8H2. The Kier molecular flexibility index (Phi) is 2.67. The average Bonchev–Trinajstić information content (AvgIpc) is 2.86. The number of ether oxygens (including phenoxy) is 1. The summed E-state index contributed by atoms with van der Waals surface area (Å²) in [5.41, 5.74) is 2.41. The molecular formula is C15H14O3. The van der Waals surface area contributed by atoms with Gasteiger partial charge in [0.25, 0.3) is 0 Å². The van der Waals surface area contributed by atoms with Gasteiger partial charge in [0.2, 0.25) is 0 Å². The molecule has 0 aliphatic heterocycles. The summed E-state index contributed by atoms with van der Waals surface area (Å²) in [7, 11) is 0. The number of hydrogen-bond donors (Lipinski definition) is 0. The van der Waals surface area contributed by atoms with Crippen LogP contribution < -0.4 is 10.4 Å². The first kappa shape index (κ1) is 11.1. The van der Waals surface area contributed by atoms with Gasteiger partial charge in [0.1, 0.15) is 17.9 Å². The lowest BCUT2D eigenvalue weighted by Crippen LogP contribution is -2.06. The summed E-state index contributed by atoms with van der Waals surface area (Å²) in [5, 5.41) is 1.04. The van der Waals surface area contributed by atoms with Crippen molar-refractivity contribution in [2.45, 2.75) is 19.3 Å². The molecule has 0 saturated carbocycles. The summed E-state index contributed by atoms with van der Waals surface area (Å²) in [4.78, 5) is 11.8. The van der Waals surface area contributed by atoms with Crippen molar-refractivity contribution in [2.75, 3.05) is 6.61 Å². The van der Waals surface area contributed by atoms with Gasteiger partial charge in [-0.2, -0.15) is 0 Å². The van der Waals surface area contributed by atoms with E-state index in [1.807, 2.05) is 12.1 Å². The minimum atomic E-state index is -0.198. The normalized spacial score (nSPS) is 13.6. The van der Waals surface area contributed by atoms with Crippen LogP contribution in [-0.4, -0.2) is 6.61 Å². The Morgan fingerprint density at radius 1 is 1.33 bits per heavy atom. The summed E-state index contributed by atoms with van der Waals surface area (Å²) >= 11 is 0. The topological polar surface area (TPSA) is 39.4 Å². The molecule has 0 radical (unpaired) electrons. The number of rotatable bonds is 3. The summed E-state index contributed by atoms with van der Waals surface area (Å²) in [6, 6.07) is 5.66. The first-order chi connectivity index (χ1) is 8.79. The summed E-state index contributed by atoms with van der Waals surface area (Å²) in [5.74, 6) is 0.698. The second kappa shape index (κ2) is 4.33. The Hall–Kier alpha value is -2.03. The molecule has 0 N–H and O–H groups in total. The van der Waals surface area contributed by atoms with Gasteiger partial charge in [0.15, 0.2) is 0 Å². The molecule has 0 spiro atoms. The van der Waals surface area contributed by atoms with Crippen LogP contribution in [0.2, 0.25) is 0 Å². The van der Waals surface area contributed by atoms with E-state index < -0.39 is 0 Å². The molecule has 92 valence electrons. The van der Waals surface area contributed by atoms with Crippen molar-refractivity contribution in [3.05, 3.63) is 52.4 Å². The van der Waals surface area contributed by atoms with Crippen molar-refractivity contribution in [1.29, 1.82) is 0 Å². The maximum Gasteiger partial charge on any atom is 0.339 e. The van der Waals surface area contributed by atoms with Gasteiger partial charge in [-0.15, -0.1) is 0 Å². The van der Waals surface area contributed by atoms with Gasteiger partial charge in [-0.25, -0.2) is 4.79 Å². The molecule has 1 aliphatic rings. The van der Waals surface area contributed by atoms with Crippen LogP contribution in [0.4, 0.5) is 0 Å². The van der Waals surface area contributed by atoms with Crippen LogP contribution in [0.25, 0.3) is 11.0 Å². The van der Waals surface area contributed by atoms with E-state index in [2.05, 4.69) is 6.58 Å². The molecule has 0 fully saturated rings. The van der Waals surface area contributed by atoms with Crippen molar-refractivity contribution in [3.63, 3.8) is 0 Å². The largest absolute Gasteiger partial charge is 0.489 e. The van der Waals surface area contributed by atoms with E-state index in [0.29, 0.717) is 17.9 Å². The van der Waals surface area contributed by atoms with E-state index in [9.17, 15) is 4.79 Å². The smallest absolute Gasteiger partial charge is 0.339 e. The molecule has 1 aromatic heterocycles. The number of hydrogen-bond acceptors (Lipinski definition) is 3. The van der Waals surface area contributed by atoms with Gasteiger partial charge < -0.3 is 9.15 Å². The SMILES string of the molecule is C=CCOc1ccc2c3c(c(=O)oc2c1)CCC3. The van der Waals surface area contributed by atoms with Crippen LogP contribution in [0.1, 0.15) is 17.5 Å². The first-order valence-electron chi connectivity index (χ1n) is 6.12. The Bertz CT molecular complexity index is 667. The van der Waals surface area contributed by atoms with E-state index in [4.69, 9.17) is 9.15 Å². The minimum absolute atomic E-state index is 0.198. The van der Waals surface area contributed by atoms with Gasteiger partial charge >= 0.3 is 5.63 Å². The van der Waals surface area contributed by atoms with Crippen LogP contribution in [-0.2, 0) is 12.8 Å². The molecular weight excluding hydrogens is 228 g/mol. The Balaban J connectivity index is 2.15. The monoisotopic (exact) mass is 242 g/mol. The Morgan fingerprint density at radius 3 is 3.00 bits per heavy atom. The Morgan fingerprint density at radius 2 is 2.17 bits per heavy atom. The zero-order valence-electron chi connectivity index (χ0n) is 10.1. The molecule has 0 atom stereocenters. The highest BCUT2D eigenvalue weighted by atomic mass is 16.5. The predicted octanol–water partition coefficient (Wildman–Crippen LogP) is 2.85. The fourth-order valence-electron chi connectivity index (χ4n) is 2.51. The van der Waals surface area contributed by atoms with Crippen molar-refractivity contribution in [3.8, 4) is 5.75 Å². The van der Waals surface area contributed by atoms with E-state index in [1.54, 1.807) is 12.1 Å². The lowest BCUT2D eigenvalue weighted by molar-refractivity contribution is 0.363. The highest BCUT2D eigenvalue weighted by molar-refractivity contribution is 5.83. The van der Waals surface area contributed by atoms with Gasteiger partial charge in [-0.3, -0.25) is 0 Å². The fraction of sp³-hybridized carbons (Fsp3) is 0.267. The second-order valence-electron chi connectivity index (χ2n) is 4.46. The molecule has 0 saturated heterocycles. The molecule has 3 rings (SSSR count).